The normalized spacial score (nSPS) is 13.1. The average Bonchev–Trinajstić information content (AvgIpc) is 3.45. The zero-order valence-corrected chi connectivity index (χ0v) is 17.1. The monoisotopic (exact) mass is 420 g/mol. The summed E-state index contributed by atoms with van der Waals surface area (Å²) in [7, 11) is 3.07. The smallest absolute Gasteiger partial charge is 0.240 e. The molecule has 2 amide bonds. The third-order valence-corrected chi connectivity index (χ3v) is 5.31. The van der Waals surface area contributed by atoms with E-state index in [-0.39, 0.29) is 36.8 Å². The highest BCUT2D eigenvalue weighted by Crippen LogP contribution is 2.29. The molecule has 1 fully saturated rings. The molecule has 10 heteroatoms. The molecular weight excluding hydrogens is 396 g/mol. The molecule has 0 spiro atoms. The van der Waals surface area contributed by atoms with Crippen LogP contribution in [0.2, 0.25) is 0 Å². The third kappa shape index (κ3) is 5.64. The van der Waals surface area contributed by atoms with Crippen molar-refractivity contribution in [3.8, 4) is 11.5 Å². The Bertz CT molecular complexity index is 881. The molecule has 0 saturated heterocycles. The van der Waals surface area contributed by atoms with E-state index in [0.29, 0.717) is 28.0 Å². The van der Waals surface area contributed by atoms with Crippen molar-refractivity contribution in [1.82, 2.24) is 14.9 Å². The zero-order valence-electron chi connectivity index (χ0n) is 16.3. The molecular formula is C19H24N4O5S. The van der Waals surface area contributed by atoms with Crippen LogP contribution in [0.1, 0.15) is 18.5 Å². The average molecular weight is 420 g/mol. The maximum atomic E-state index is 12.4. The molecule has 0 atom stereocenters. The van der Waals surface area contributed by atoms with Crippen LogP contribution in [0.5, 0.6) is 11.5 Å². The van der Waals surface area contributed by atoms with Crippen molar-refractivity contribution in [2.75, 3.05) is 25.3 Å². The van der Waals surface area contributed by atoms with E-state index in [0.717, 1.165) is 12.8 Å². The number of imidazole rings is 1. The van der Waals surface area contributed by atoms with Gasteiger partial charge in [-0.25, -0.2) is 4.98 Å². The lowest BCUT2D eigenvalue weighted by atomic mass is 10.2. The molecule has 0 bridgehead atoms. The molecule has 1 aliphatic rings. The maximum absolute atomic E-state index is 12.4. The van der Waals surface area contributed by atoms with E-state index in [1.54, 1.807) is 29.9 Å². The number of nitrogens with one attached hydrogen (secondary N) is 2. The first kappa shape index (κ1) is 21.0. The van der Waals surface area contributed by atoms with Gasteiger partial charge < -0.3 is 29.8 Å². The molecule has 2 aromatic rings. The molecule has 3 N–H and O–H groups in total. The van der Waals surface area contributed by atoms with Gasteiger partial charge in [0.15, 0.2) is 5.16 Å². The van der Waals surface area contributed by atoms with E-state index in [1.165, 1.54) is 25.1 Å². The number of carbonyl (C=O) groups excluding carboxylic acids is 2. The third-order valence-electron chi connectivity index (χ3n) is 4.32. The molecule has 9 nitrogen and oxygen atoms in total. The van der Waals surface area contributed by atoms with Gasteiger partial charge in [0.1, 0.15) is 18.0 Å². The number of aliphatic hydroxyl groups is 1. The Morgan fingerprint density at radius 2 is 2.07 bits per heavy atom. The van der Waals surface area contributed by atoms with Crippen molar-refractivity contribution in [3.63, 3.8) is 0 Å². The van der Waals surface area contributed by atoms with Gasteiger partial charge in [-0.2, -0.15) is 0 Å². The number of benzene rings is 1. The number of aromatic nitrogens is 2. The van der Waals surface area contributed by atoms with E-state index in [9.17, 15) is 14.7 Å². The number of rotatable bonds is 10. The maximum Gasteiger partial charge on any atom is 0.240 e. The summed E-state index contributed by atoms with van der Waals surface area (Å²) in [6, 6.07) is 5.36. The molecule has 3 rings (SSSR count). The van der Waals surface area contributed by atoms with E-state index >= 15 is 0 Å². The quantitative estimate of drug-likeness (QED) is 0.498. The fourth-order valence-electron chi connectivity index (χ4n) is 2.67. The predicted octanol–water partition coefficient (Wildman–Crippen LogP) is 1.40. The van der Waals surface area contributed by atoms with Gasteiger partial charge >= 0.3 is 0 Å². The van der Waals surface area contributed by atoms with Crippen LogP contribution in [0.4, 0.5) is 5.69 Å². The van der Waals surface area contributed by atoms with Gasteiger partial charge in [-0.15, -0.1) is 0 Å². The summed E-state index contributed by atoms with van der Waals surface area (Å²) in [5.74, 6) is 0.817. The van der Waals surface area contributed by atoms with Gasteiger partial charge in [0.2, 0.25) is 11.8 Å². The highest BCUT2D eigenvalue weighted by Gasteiger charge is 2.24. The second-order valence-electron chi connectivity index (χ2n) is 6.52. The van der Waals surface area contributed by atoms with Crippen LogP contribution in [0.25, 0.3) is 0 Å². The van der Waals surface area contributed by atoms with E-state index < -0.39 is 0 Å². The number of aliphatic hydroxyl groups excluding tert-OH is 1. The Labute approximate surface area is 172 Å². The summed E-state index contributed by atoms with van der Waals surface area (Å²) >= 11 is 1.19. The molecule has 1 heterocycles. The molecule has 1 aromatic carbocycles. The van der Waals surface area contributed by atoms with Crippen molar-refractivity contribution in [2.45, 2.75) is 37.2 Å². The van der Waals surface area contributed by atoms with Gasteiger partial charge in [0, 0.05) is 12.1 Å². The predicted molar refractivity (Wildman–Crippen MR) is 108 cm³/mol. The number of ether oxygens (including phenoxy) is 2. The van der Waals surface area contributed by atoms with Gasteiger partial charge in [-0.3, -0.25) is 9.59 Å². The van der Waals surface area contributed by atoms with E-state index in [2.05, 4.69) is 15.6 Å². The topological polar surface area (TPSA) is 115 Å². The van der Waals surface area contributed by atoms with Crippen molar-refractivity contribution >= 4 is 29.3 Å². The summed E-state index contributed by atoms with van der Waals surface area (Å²) < 4.78 is 12.1. The van der Waals surface area contributed by atoms with Crippen molar-refractivity contribution in [2.24, 2.45) is 0 Å². The van der Waals surface area contributed by atoms with Crippen molar-refractivity contribution in [1.29, 1.82) is 0 Å². The van der Waals surface area contributed by atoms with Crippen LogP contribution in [0.15, 0.2) is 29.6 Å². The van der Waals surface area contributed by atoms with E-state index in [1.807, 2.05) is 0 Å². The molecule has 1 saturated carbocycles. The number of amides is 2. The lowest BCUT2D eigenvalue weighted by molar-refractivity contribution is -0.122. The largest absolute Gasteiger partial charge is 0.497 e. The second kappa shape index (κ2) is 9.66. The van der Waals surface area contributed by atoms with Crippen LogP contribution in [-0.2, 0) is 22.7 Å². The van der Waals surface area contributed by atoms with Crippen LogP contribution in [-0.4, -0.2) is 52.5 Å². The second-order valence-corrected chi connectivity index (χ2v) is 7.46. The molecule has 0 radical (unpaired) electrons. The number of hydrogen-bond donors (Lipinski definition) is 3. The summed E-state index contributed by atoms with van der Waals surface area (Å²) in [4.78, 5) is 28.8. The molecule has 0 aliphatic heterocycles. The Morgan fingerprint density at radius 3 is 2.72 bits per heavy atom. The minimum Gasteiger partial charge on any atom is -0.497 e. The highest BCUT2D eigenvalue weighted by atomic mass is 32.2. The molecule has 0 unspecified atom stereocenters. The Hall–Kier alpha value is -2.72. The summed E-state index contributed by atoms with van der Waals surface area (Å²) in [5.41, 5.74) is 1.05. The van der Waals surface area contributed by atoms with Gasteiger partial charge in [0.25, 0.3) is 0 Å². The lowest BCUT2D eigenvalue weighted by Crippen LogP contribution is -2.30. The van der Waals surface area contributed by atoms with Crippen molar-refractivity contribution in [3.05, 3.63) is 30.1 Å². The first-order valence-electron chi connectivity index (χ1n) is 9.13. The van der Waals surface area contributed by atoms with Crippen LogP contribution in [0, 0.1) is 0 Å². The fourth-order valence-corrected chi connectivity index (χ4v) is 3.46. The highest BCUT2D eigenvalue weighted by molar-refractivity contribution is 7.99. The van der Waals surface area contributed by atoms with Crippen LogP contribution >= 0.6 is 11.8 Å². The Kier molecular flexibility index (Phi) is 6.99. The van der Waals surface area contributed by atoms with Gasteiger partial charge in [-0.05, 0) is 25.0 Å². The minimum absolute atomic E-state index is 0.0582. The molecule has 1 aliphatic carbocycles. The zero-order chi connectivity index (χ0) is 20.8. The summed E-state index contributed by atoms with van der Waals surface area (Å²) in [6.07, 6.45) is 3.51. The number of hydrogen-bond acceptors (Lipinski definition) is 7. The molecule has 1 aromatic heterocycles. The fraction of sp³-hybridized carbons (Fsp3) is 0.421. The summed E-state index contributed by atoms with van der Waals surface area (Å²) in [5, 5.41) is 15.7. The molecule has 156 valence electrons. The summed E-state index contributed by atoms with van der Waals surface area (Å²) in [6.45, 7) is -0.178. The number of nitrogens with zero attached hydrogens (tertiary/aromatic N) is 2. The number of methoxy groups -OCH3 is 2. The number of carbonyl (C=O) groups is 2. The lowest BCUT2D eigenvalue weighted by Gasteiger charge is -2.12. The minimum atomic E-state index is -0.249. The first-order chi connectivity index (χ1) is 14.0. The standard InChI is InChI=1S/C19H24N4O5S/c1-27-14-5-6-15(16(7-14)28-2)22-18(26)11-29-19-20-8-13(10-24)23(19)9-17(25)21-12-3-4-12/h5-8,12,24H,3-4,9-11H2,1-2H3,(H,21,25)(H,22,26). The van der Waals surface area contributed by atoms with Gasteiger partial charge in [-0.1, -0.05) is 11.8 Å². The number of anilines is 1. The first-order valence-corrected chi connectivity index (χ1v) is 10.1. The van der Waals surface area contributed by atoms with Crippen LogP contribution < -0.4 is 20.1 Å². The SMILES string of the molecule is COc1ccc(NC(=O)CSc2ncc(CO)n2CC(=O)NC2CC2)c(OC)c1. The van der Waals surface area contributed by atoms with Gasteiger partial charge in [0.05, 0.1) is 44.2 Å². The molecule has 29 heavy (non-hydrogen) atoms. The Morgan fingerprint density at radius 1 is 1.28 bits per heavy atom. The van der Waals surface area contributed by atoms with Crippen LogP contribution in [0.3, 0.4) is 0 Å². The van der Waals surface area contributed by atoms with E-state index in [4.69, 9.17) is 9.47 Å². The number of thioether (sulfide) groups is 1. The van der Waals surface area contributed by atoms with Crippen molar-refractivity contribution < 1.29 is 24.2 Å². The Balaban J connectivity index is 1.61.